The van der Waals surface area contributed by atoms with Crippen LogP contribution in [0.3, 0.4) is 0 Å². The summed E-state index contributed by atoms with van der Waals surface area (Å²) < 4.78 is 0. The third-order valence-corrected chi connectivity index (χ3v) is 4.19. The molecule has 0 aliphatic carbocycles. The van der Waals surface area contributed by atoms with Crippen LogP contribution in [-0.4, -0.2) is 17.9 Å². The molecule has 1 aliphatic heterocycles. The van der Waals surface area contributed by atoms with Crippen LogP contribution in [0.15, 0.2) is 53.5 Å². The summed E-state index contributed by atoms with van der Waals surface area (Å²) in [5.41, 5.74) is 2.39. The lowest BCUT2D eigenvalue weighted by Gasteiger charge is -2.41. The van der Waals surface area contributed by atoms with Crippen LogP contribution < -0.4 is 4.90 Å². The quantitative estimate of drug-likeness (QED) is 0.376. The Balaban J connectivity index is 1.72. The highest BCUT2D eigenvalue weighted by Crippen LogP contribution is 2.36. The van der Waals surface area contributed by atoms with Gasteiger partial charge in [0, 0.05) is 0 Å². The molecule has 0 unspecified atom stereocenters. The van der Waals surface area contributed by atoms with E-state index in [2.05, 4.69) is 4.99 Å². The van der Waals surface area contributed by atoms with Crippen molar-refractivity contribution >= 4 is 29.3 Å². The minimum absolute atomic E-state index is 0.174. The van der Waals surface area contributed by atoms with Crippen molar-refractivity contribution in [2.45, 2.75) is 20.3 Å². The first-order valence-corrected chi connectivity index (χ1v) is 7.58. The van der Waals surface area contributed by atoms with Gasteiger partial charge < -0.3 is 0 Å². The first-order chi connectivity index (χ1) is 11.4. The Kier molecular flexibility index (Phi) is 3.87. The highest BCUT2D eigenvalue weighted by molar-refractivity contribution is 6.35. The standard InChI is InChI=1S/C19H16N2O3/c1-19(2)17(23)21(18(19)24)16-9-5-14(6-10-16)11-13-3-7-15(8-4-13)20-12-22/h3-10H,11H2,1-2H3. The zero-order valence-corrected chi connectivity index (χ0v) is 13.4. The Morgan fingerprint density at radius 1 is 0.917 bits per heavy atom. The molecule has 0 N–H and O–H groups in total. The van der Waals surface area contributed by atoms with E-state index in [9.17, 15) is 14.4 Å². The van der Waals surface area contributed by atoms with Crippen molar-refractivity contribution in [1.82, 2.24) is 0 Å². The molecule has 2 amide bonds. The van der Waals surface area contributed by atoms with Crippen molar-refractivity contribution in [2.75, 3.05) is 4.90 Å². The van der Waals surface area contributed by atoms with Crippen LogP contribution in [0.25, 0.3) is 0 Å². The molecular weight excluding hydrogens is 304 g/mol. The summed E-state index contributed by atoms with van der Waals surface area (Å²) >= 11 is 0. The fraction of sp³-hybridized carbons (Fsp3) is 0.211. The van der Waals surface area contributed by atoms with Crippen molar-refractivity contribution in [2.24, 2.45) is 10.4 Å². The van der Waals surface area contributed by atoms with Crippen molar-refractivity contribution in [3.05, 3.63) is 59.7 Å². The van der Waals surface area contributed by atoms with Crippen LogP contribution in [0, 0.1) is 5.41 Å². The van der Waals surface area contributed by atoms with Gasteiger partial charge in [-0.3, -0.25) is 9.59 Å². The number of imide groups is 1. The third kappa shape index (κ3) is 2.66. The Labute approximate surface area is 139 Å². The van der Waals surface area contributed by atoms with E-state index in [1.165, 1.54) is 11.0 Å². The number of rotatable bonds is 4. The summed E-state index contributed by atoms with van der Waals surface area (Å²) in [6.07, 6.45) is 2.22. The Morgan fingerprint density at radius 3 is 1.92 bits per heavy atom. The lowest BCUT2D eigenvalue weighted by Crippen LogP contribution is -2.63. The summed E-state index contributed by atoms with van der Waals surface area (Å²) in [5.74, 6) is -0.349. The Bertz CT molecular complexity index is 827. The van der Waals surface area contributed by atoms with Gasteiger partial charge in [0.25, 0.3) is 0 Å². The molecule has 5 heteroatoms. The lowest BCUT2D eigenvalue weighted by molar-refractivity contribution is -0.149. The van der Waals surface area contributed by atoms with E-state index < -0.39 is 5.41 Å². The first-order valence-electron chi connectivity index (χ1n) is 7.58. The highest BCUT2D eigenvalue weighted by Gasteiger charge is 2.54. The largest absolute Gasteiger partial charge is 0.273 e. The molecule has 1 heterocycles. The number of isocyanates is 1. The molecule has 2 aromatic carbocycles. The molecule has 120 valence electrons. The minimum Gasteiger partial charge on any atom is -0.273 e. The monoisotopic (exact) mass is 320 g/mol. The van der Waals surface area contributed by atoms with Gasteiger partial charge in [0.1, 0.15) is 5.41 Å². The van der Waals surface area contributed by atoms with Crippen LogP contribution in [0.1, 0.15) is 25.0 Å². The predicted molar refractivity (Wildman–Crippen MR) is 89.7 cm³/mol. The Hall–Kier alpha value is -3.04. The van der Waals surface area contributed by atoms with Gasteiger partial charge in [-0.15, -0.1) is 0 Å². The third-order valence-electron chi connectivity index (χ3n) is 4.19. The van der Waals surface area contributed by atoms with Gasteiger partial charge in [0.2, 0.25) is 17.9 Å². The molecule has 0 spiro atoms. The number of aliphatic imine (C=N–C) groups is 1. The Morgan fingerprint density at radius 2 is 1.42 bits per heavy atom. The lowest BCUT2D eigenvalue weighted by atomic mass is 9.81. The number of hydrogen-bond donors (Lipinski definition) is 0. The molecule has 1 aliphatic rings. The van der Waals surface area contributed by atoms with Gasteiger partial charge in [-0.2, -0.15) is 4.99 Å². The first kappa shape index (κ1) is 15.8. The van der Waals surface area contributed by atoms with Crippen LogP contribution in [-0.2, 0) is 20.8 Å². The fourth-order valence-electron chi connectivity index (χ4n) is 2.66. The number of hydrogen-bond acceptors (Lipinski definition) is 4. The van der Waals surface area contributed by atoms with E-state index in [1.807, 2.05) is 24.3 Å². The molecule has 3 rings (SSSR count). The van der Waals surface area contributed by atoms with Gasteiger partial charge in [-0.1, -0.05) is 24.3 Å². The average Bonchev–Trinajstić information content (AvgIpc) is 2.58. The van der Waals surface area contributed by atoms with Gasteiger partial charge in [-0.25, -0.2) is 9.69 Å². The molecule has 1 saturated heterocycles. The number of anilines is 1. The number of carbonyl (C=O) groups is 2. The zero-order chi connectivity index (χ0) is 17.3. The van der Waals surface area contributed by atoms with Crippen molar-refractivity contribution in [3.63, 3.8) is 0 Å². The zero-order valence-electron chi connectivity index (χ0n) is 13.4. The van der Waals surface area contributed by atoms with E-state index in [4.69, 9.17) is 0 Å². The van der Waals surface area contributed by atoms with E-state index in [-0.39, 0.29) is 11.8 Å². The molecular formula is C19H16N2O3. The van der Waals surface area contributed by atoms with E-state index in [1.54, 1.807) is 38.1 Å². The summed E-state index contributed by atoms with van der Waals surface area (Å²) in [7, 11) is 0. The molecule has 1 fully saturated rings. The fourth-order valence-corrected chi connectivity index (χ4v) is 2.66. The molecule has 0 aromatic heterocycles. The number of benzene rings is 2. The predicted octanol–water partition coefficient (Wildman–Crippen LogP) is 3.14. The number of β-lactam (4-membered cyclic amide) rings is 2. The van der Waals surface area contributed by atoms with Crippen LogP contribution in [0.5, 0.6) is 0 Å². The van der Waals surface area contributed by atoms with Crippen LogP contribution in [0.2, 0.25) is 0 Å². The summed E-state index contributed by atoms with van der Waals surface area (Å²) in [6.45, 7) is 3.28. The van der Waals surface area contributed by atoms with Crippen molar-refractivity contribution < 1.29 is 14.4 Å². The summed E-state index contributed by atoms with van der Waals surface area (Å²) in [4.78, 5) is 39.0. The molecule has 0 atom stereocenters. The summed E-state index contributed by atoms with van der Waals surface area (Å²) in [6, 6.07) is 14.7. The molecule has 0 bridgehead atoms. The number of nitrogens with zero attached hydrogens (tertiary/aromatic N) is 2. The van der Waals surface area contributed by atoms with Gasteiger partial charge in [0.05, 0.1) is 11.4 Å². The second-order valence-corrected chi connectivity index (χ2v) is 6.28. The van der Waals surface area contributed by atoms with E-state index in [0.29, 0.717) is 17.8 Å². The maximum absolute atomic E-state index is 12.0. The highest BCUT2D eigenvalue weighted by atomic mass is 16.2. The van der Waals surface area contributed by atoms with E-state index in [0.717, 1.165) is 11.1 Å². The summed E-state index contributed by atoms with van der Waals surface area (Å²) in [5, 5.41) is 0. The van der Waals surface area contributed by atoms with Crippen molar-refractivity contribution in [3.8, 4) is 0 Å². The minimum atomic E-state index is -0.912. The normalized spacial score (nSPS) is 15.7. The SMILES string of the molecule is CC1(C)C(=O)N(c2ccc(Cc3ccc(N=C=O)cc3)cc2)C1=O. The van der Waals surface area contributed by atoms with Gasteiger partial charge in [-0.05, 0) is 55.7 Å². The maximum atomic E-state index is 12.0. The van der Waals surface area contributed by atoms with E-state index >= 15 is 0 Å². The molecule has 2 aromatic rings. The van der Waals surface area contributed by atoms with Gasteiger partial charge >= 0.3 is 0 Å². The van der Waals surface area contributed by atoms with Crippen molar-refractivity contribution in [1.29, 1.82) is 0 Å². The molecule has 5 nitrogen and oxygen atoms in total. The number of carbonyl (C=O) groups excluding carboxylic acids is 3. The second kappa shape index (κ2) is 5.87. The second-order valence-electron chi connectivity index (χ2n) is 6.28. The average molecular weight is 320 g/mol. The molecule has 24 heavy (non-hydrogen) atoms. The topological polar surface area (TPSA) is 66.8 Å². The number of amides is 2. The van der Waals surface area contributed by atoms with Crippen LogP contribution in [0.4, 0.5) is 11.4 Å². The molecule has 0 radical (unpaired) electrons. The van der Waals surface area contributed by atoms with Gasteiger partial charge in [0.15, 0.2) is 0 Å². The maximum Gasteiger partial charge on any atom is 0.248 e. The smallest absolute Gasteiger partial charge is 0.248 e. The molecule has 0 saturated carbocycles. The van der Waals surface area contributed by atoms with Crippen LogP contribution >= 0.6 is 0 Å².